The second-order valence-corrected chi connectivity index (χ2v) is 11.5. The Morgan fingerprint density at radius 1 is 1.00 bits per heavy atom. The second-order valence-electron chi connectivity index (χ2n) is 11.5. The molecule has 40 heavy (non-hydrogen) atoms. The Balaban J connectivity index is 1.06. The number of piperazine rings is 1. The third kappa shape index (κ3) is 4.07. The number of carbonyl (C=O) groups is 1. The lowest BCUT2D eigenvalue weighted by Gasteiger charge is -2.38. The number of nitrogens with one attached hydrogen (secondary N) is 2. The lowest BCUT2D eigenvalue weighted by atomic mass is 9.91. The van der Waals surface area contributed by atoms with E-state index in [1.165, 1.54) is 5.69 Å². The molecule has 0 bridgehead atoms. The van der Waals surface area contributed by atoms with Crippen LogP contribution in [0.3, 0.4) is 0 Å². The summed E-state index contributed by atoms with van der Waals surface area (Å²) in [5.41, 5.74) is 6.92. The number of benzene rings is 3. The predicted molar refractivity (Wildman–Crippen MR) is 161 cm³/mol. The van der Waals surface area contributed by atoms with E-state index in [0.29, 0.717) is 6.04 Å². The predicted octanol–water partition coefficient (Wildman–Crippen LogP) is 5.65. The Morgan fingerprint density at radius 2 is 1.80 bits per heavy atom. The van der Waals surface area contributed by atoms with E-state index in [9.17, 15) is 4.79 Å². The number of carbonyl (C=O) groups excluding carboxylic acids is 1. The van der Waals surface area contributed by atoms with E-state index in [-0.39, 0.29) is 11.8 Å². The van der Waals surface area contributed by atoms with E-state index in [0.717, 1.165) is 77.3 Å². The van der Waals surface area contributed by atoms with Gasteiger partial charge >= 0.3 is 0 Å². The van der Waals surface area contributed by atoms with Crippen LogP contribution >= 0.6 is 0 Å². The molecule has 1 aliphatic carbocycles. The van der Waals surface area contributed by atoms with Crippen molar-refractivity contribution in [2.24, 2.45) is 0 Å². The summed E-state index contributed by atoms with van der Waals surface area (Å²) in [6.45, 7) is 8.92. The normalized spacial score (nSPS) is 22.4. The standard InChI is InChI=1S/C33H35N5O2/c1-21(2)37-14-16-38(17-15-37)24-8-4-22(5-9-24)6-12-29-26-11-7-23(18-31(26)36-35-29)28-20-33(28)27-19-25(40-3)10-13-30(27)34-32(33)39/h4-13,18-19,21,28H,14-17,20H2,1-3H3,(H,34,39)(H,35,36)/t28-,33-/m0/s1. The largest absolute Gasteiger partial charge is 0.497 e. The lowest BCUT2D eigenvalue weighted by molar-refractivity contribution is -0.118. The van der Waals surface area contributed by atoms with E-state index in [1.54, 1.807) is 7.11 Å². The highest BCUT2D eigenvalue weighted by molar-refractivity contribution is 6.10. The van der Waals surface area contributed by atoms with Crippen molar-refractivity contribution in [2.75, 3.05) is 43.5 Å². The third-order valence-corrected chi connectivity index (χ3v) is 9.08. The molecule has 1 saturated heterocycles. The molecular formula is C33H35N5O2. The molecule has 1 aromatic heterocycles. The zero-order chi connectivity index (χ0) is 27.4. The number of anilines is 2. The van der Waals surface area contributed by atoms with Gasteiger partial charge in [0.1, 0.15) is 5.75 Å². The van der Waals surface area contributed by atoms with Gasteiger partial charge in [0.15, 0.2) is 0 Å². The van der Waals surface area contributed by atoms with Gasteiger partial charge in [0, 0.05) is 54.9 Å². The van der Waals surface area contributed by atoms with Gasteiger partial charge in [-0.05, 0) is 79.4 Å². The molecule has 7 nitrogen and oxygen atoms in total. The maximum Gasteiger partial charge on any atom is 0.235 e. The van der Waals surface area contributed by atoms with Gasteiger partial charge in [0.05, 0.1) is 23.7 Å². The SMILES string of the molecule is COc1ccc2c(c1)[C@]1(C[C@H]1c1ccc3c(C=Cc4ccc(N5CCN(C(C)C)CC5)cc4)n[nH]c3c1)C(=O)N2. The Labute approximate surface area is 234 Å². The first-order valence-corrected chi connectivity index (χ1v) is 14.2. The Morgan fingerprint density at radius 3 is 2.55 bits per heavy atom. The highest BCUT2D eigenvalue weighted by Gasteiger charge is 2.65. The van der Waals surface area contributed by atoms with Gasteiger partial charge in [-0.2, -0.15) is 5.10 Å². The first-order chi connectivity index (χ1) is 19.5. The number of nitrogens with zero attached hydrogens (tertiary/aromatic N) is 3. The monoisotopic (exact) mass is 533 g/mol. The zero-order valence-electron chi connectivity index (χ0n) is 23.3. The molecule has 3 heterocycles. The number of fused-ring (bicyclic) bond motifs is 3. The van der Waals surface area contributed by atoms with Crippen molar-refractivity contribution >= 4 is 40.3 Å². The Hall–Kier alpha value is -4.10. The number of rotatable bonds is 6. The molecule has 2 atom stereocenters. The molecule has 2 aliphatic heterocycles. The highest BCUT2D eigenvalue weighted by Crippen LogP contribution is 2.65. The molecule has 0 radical (unpaired) electrons. The number of aromatic nitrogens is 2. The number of hydrogen-bond acceptors (Lipinski definition) is 5. The average molecular weight is 534 g/mol. The Kier molecular flexibility index (Phi) is 5.93. The lowest BCUT2D eigenvalue weighted by Crippen LogP contribution is -2.48. The number of aromatic amines is 1. The van der Waals surface area contributed by atoms with Crippen LogP contribution in [0.5, 0.6) is 5.75 Å². The summed E-state index contributed by atoms with van der Waals surface area (Å²) in [5, 5.41) is 11.9. The summed E-state index contributed by atoms with van der Waals surface area (Å²) in [4.78, 5) is 18.1. The van der Waals surface area contributed by atoms with Crippen LogP contribution < -0.4 is 15.0 Å². The summed E-state index contributed by atoms with van der Waals surface area (Å²) < 4.78 is 5.43. The molecule has 0 unspecified atom stereocenters. The van der Waals surface area contributed by atoms with Crippen LogP contribution in [0.1, 0.15) is 48.6 Å². The topological polar surface area (TPSA) is 73.5 Å². The minimum atomic E-state index is -0.505. The highest BCUT2D eigenvalue weighted by atomic mass is 16.5. The van der Waals surface area contributed by atoms with Gasteiger partial charge in [-0.15, -0.1) is 0 Å². The van der Waals surface area contributed by atoms with Crippen molar-refractivity contribution in [2.45, 2.75) is 37.6 Å². The van der Waals surface area contributed by atoms with E-state index in [1.807, 2.05) is 18.2 Å². The van der Waals surface area contributed by atoms with Gasteiger partial charge in [0.25, 0.3) is 0 Å². The number of ether oxygens (including phenoxy) is 1. The number of amides is 1. The van der Waals surface area contributed by atoms with Crippen molar-refractivity contribution in [3.8, 4) is 5.75 Å². The molecule has 204 valence electrons. The average Bonchev–Trinajstić information content (AvgIpc) is 3.53. The molecule has 2 N–H and O–H groups in total. The first-order valence-electron chi connectivity index (χ1n) is 14.2. The van der Waals surface area contributed by atoms with Crippen LogP contribution in [0, 0.1) is 0 Å². The molecule has 3 aromatic carbocycles. The number of hydrogen-bond donors (Lipinski definition) is 2. The molecular weight excluding hydrogens is 498 g/mol. The van der Waals surface area contributed by atoms with Crippen LogP contribution in [0.15, 0.2) is 60.7 Å². The molecule has 2 fully saturated rings. The van der Waals surface area contributed by atoms with Crippen LogP contribution in [0.4, 0.5) is 11.4 Å². The second kappa shape index (κ2) is 9.52. The number of H-pyrrole nitrogens is 1. The van der Waals surface area contributed by atoms with Crippen molar-refractivity contribution in [3.63, 3.8) is 0 Å². The molecule has 7 heteroatoms. The van der Waals surface area contributed by atoms with E-state index < -0.39 is 5.41 Å². The summed E-state index contributed by atoms with van der Waals surface area (Å²) in [7, 11) is 1.66. The maximum absolute atomic E-state index is 13.0. The third-order valence-electron chi connectivity index (χ3n) is 9.08. The number of methoxy groups -OCH3 is 1. The van der Waals surface area contributed by atoms with Crippen molar-refractivity contribution in [3.05, 3.63) is 83.0 Å². The molecule has 1 spiro atoms. The van der Waals surface area contributed by atoms with E-state index >= 15 is 0 Å². The Bertz CT molecular complexity index is 1610. The summed E-state index contributed by atoms with van der Waals surface area (Å²) >= 11 is 0. The maximum atomic E-state index is 13.0. The fraction of sp³-hybridized carbons (Fsp3) is 0.333. The fourth-order valence-electron chi connectivity index (χ4n) is 6.57. The van der Waals surface area contributed by atoms with Gasteiger partial charge in [0.2, 0.25) is 5.91 Å². The minimum Gasteiger partial charge on any atom is -0.497 e. The molecule has 7 rings (SSSR count). The van der Waals surface area contributed by atoms with Gasteiger partial charge in [-0.3, -0.25) is 14.8 Å². The summed E-state index contributed by atoms with van der Waals surface area (Å²) in [6.07, 6.45) is 4.99. The van der Waals surface area contributed by atoms with Crippen molar-refractivity contribution < 1.29 is 9.53 Å². The summed E-state index contributed by atoms with van der Waals surface area (Å²) in [6, 6.07) is 21.7. The van der Waals surface area contributed by atoms with Crippen LogP contribution in [-0.2, 0) is 10.2 Å². The molecule has 3 aliphatic rings. The van der Waals surface area contributed by atoms with Crippen LogP contribution in [0.2, 0.25) is 0 Å². The fourth-order valence-corrected chi connectivity index (χ4v) is 6.57. The van der Waals surface area contributed by atoms with E-state index in [4.69, 9.17) is 4.74 Å². The van der Waals surface area contributed by atoms with Crippen LogP contribution in [0.25, 0.3) is 23.1 Å². The zero-order valence-corrected chi connectivity index (χ0v) is 23.3. The quantitative estimate of drug-likeness (QED) is 0.335. The van der Waals surface area contributed by atoms with Gasteiger partial charge in [-0.1, -0.05) is 30.3 Å². The van der Waals surface area contributed by atoms with E-state index in [2.05, 4.69) is 93.8 Å². The minimum absolute atomic E-state index is 0.0814. The van der Waals surface area contributed by atoms with Gasteiger partial charge in [-0.25, -0.2) is 0 Å². The molecule has 1 saturated carbocycles. The summed E-state index contributed by atoms with van der Waals surface area (Å²) in [5.74, 6) is 0.997. The molecule has 4 aromatic rings. The smallest absolute Gasteiger partial charge is 0.235 e. The van der Waals surface area contributed by atoms with Crippen molar-refractivity contribution in [1.82, 2.24) is 15.1 Å². The van der Waals surface area contributed by atoms with Crippen LogP contribution in [-0.4, -0.2) is 60.3 Å². The van der Waals surface area contributed by atoms with Gasteiger partial charge < -0.3 is 15.0 Å². The van der Waals surface area contributed by atoms with Crippen molar-refractivity contribution in [1.29, 1.82) is 0 Å². The molecule has 1 amide bonds. The first kappa shape index (κ1) is 24.9.